The van der Waals surface area contributed by atoms with E-state index in [-0.39, 0.29) is 12.0 Å². The van der Waals surface area contributed by atoms with Crippen molar-refractivity contribution in [3.63, 3.8) is 0 Å². The van der Waals surface area contributed by atoms with Crippen LogP contribution in [-0.4, -0.2) is 31.8 Å². The number of amides is 1. The van der Waals surface area contributed by atoms with Crippen LogP contribution >= 0.6 is 0 Å². The molecule has 0 saturated carbocycles. The second-order valence-electron chi connectivity index (χ2n) is 6.70. The highest BCUT2D eigenvalue weighted by molar-refractivity contribution is 5.94. The van der Waals surface area contributed by atoms with E-state index in [2.05, 4.69) is 5.32 Å². The summed E-state index contributed by atoms with van der Waals surface area (Å²) in [5.41, 5.74) is 2.63. The van der Waals surface area contributed by atoms with Crippen LogP contribution in [0.15, 0.2) is 42.5 Å². The van der Waals surface area contributed by atoms with E-state index in [1.807, 2.05) is 50.2 Å². The number of nitrogens with one attached hydrogen (secondary N) is 1. The molecule has 2 aromatic rings. The van der Waals surface area contributed by atoms with Gasteiger partial charge in [-0.3, -0.25) is 4.79 Å². The van der Waals surface area contributed by atoms with Gasteiger partial charge in [-0.2, -0.15) is 0 Å². The van der Waals surface area contributed by atoms with Crippen molar-refractivity contribution in [2.45, 2.75) is 39.4 Å². The van der Waals surface area contributed by atoms with Gasteiger partial charge in [0.1, 0.15) is 18.1 Å². The molecule has 27 heavy (non-hydrogen) atoms. The highest BCUT2D eigenvalue weighted by Gasteiger charge is 2.17. The molecule has 2 aromatic carbocycles. The number of carbonyl (C=O) groups excluding carboxylic acids is 1. The maximum Gasteiger partial charge on any atom is 0.251 e. The lowest BCUT2D eigenvalue weighted by atomic mass is 10.1. The molecule has 1 heterocycles. The Morgan fingerprint density at radius 3 is 2.70 bits per heavy atom. The van der Waals surface area contributed by atoms with Gasteiger partial charge in [0.15, 0.2) is 0 Å². The van der Waals surface area contributed by atoms with Gasteiger partial charge in [0, 0.05) is 24.3 Å². The highest BCUT2D eigenvalue weighted by atomic mass is 16.5. The van der Waals surface area contributed by atoms with E-state index in [1.54, 1.807) is 6.07 Å². The number of hydrogen-bond acceptors (Lipinski definition) is 4. The van der Waals surface area contributed by atoms with Gasteiger partial charge in [-0.05, 0) is 57.0 Å². The summed E-state index contributed by atoms with van der Waals surface area (Å²) in [5.74, 6) is 1.42. The lowest BCUT2D eigenvalue weighted by Crippen LogP contribution is -2.31. The molecule has 0 bridgehead atoms. The van der Waals surface area contributed by atoms with Gasteiger partial charge in [0.2, 0.25) is 0 Å². The summed E-state index contributed by atoms with van der Waals surface area (Å²) in [6.07, 6.45) is 2.18. The Labute approximate surface area is 160 Å². The minimum absolute atomic E-state index is 0.106. The Balaban J connectivity index is 1.67. The number of ether oxygens (including phenoxy) is 3. The molecule has 1 N–H and O–H groups in total. The maximum atomic E-state index is 12.5. The number of hydrogen-bond donors (Lipinski definition) is 1. The van der Waals surface area contributed by atoms with Gasteiger partial charge in [0.05, 0.1) is 12.7 Å². The molecule has 0 radical (unpaired) electrons. The third-order valence-corrected chi connectivity index (χ3v) is 4.55. The van der Waals surface area contributed by atoms with E-state index in [9.17, 15) is 4.79 Å². The van der Waals surface area contributed by atoms with Crippen LogP contribution in [0.3, 0.4) is 0 Å². The fourth-order valence-corrected chi connectivity index (χ4v) is 3.04. The normalized spacial score (nSPS) is 16.1. The molecule has 1 aliphatic heterocycles. The van der Waals surface area contributed by atoms with Gasteiger partial charge < -0.3 is 19.5 Å². The first-order chi connectivity index (χ1) is 13.2. The summed E-state index contributed by atoms with van der Waals surface area (Å²) < 4.78 is 17.1. The second kappa shape index (κ2) is 9.42. The average Bonchev–Trinajstić information content (AvgIpc) is 3.20. The molecule has 0 unspecified atom stereocenters. The van der Waals surface area contributed by atoms with Crippen LogP contribution < -0.4 is 14.8 Å². The molecule has 1 amide bonds. The zero-order valence-electron chi connectivity index (χ0n) is 16.0. The number of carbonyl (C=O) groups is 1. The molecule has 5 heteroatoms. The van der Waals surface area contributed by atoms with Gasteiger partial charge in [-0.15, -0.1) is 0 Å². The van der Waals surface area contributed by atoms with Crippen molar-refractivity contribution in [3.8, 4) is 11.5 Å². The summed E-state index contributed by atoms with van der Waals surface area (Å²) in [4.78, 5) is 12.5. The van der Waals surface area contributed by atoms with Crippen LogP contribution in [0.4, 0.5) is 0 Å². The zero-order chi connectivity index (χ0) is 19.1. The molecular weight excluding hydrogens is 342 g/mol. The van der Waals surface area contributed by atoms with Gasteiger partial charge in [-0.25, -0.2) is 0 Å². The summed E-state index contributed by atoms with van der Waals surface area (Å²) in [6, 6.07) is 13.3. The molecule has 0 aromatic heterocycles. The first kappa shape index (κ1) is 19.2. The van der Waals surface area contributed by atoms with Crippen LogP contribution in [0.1, 0.15) is 41.3 Å². The van der Waals surface area contributed by atoms with E-state index in [0.29, 0.717) is 25.3 Å². The quantitative estimate of drug-likeness (QED) is 0.767. The van der Waals surface area contributed by atoms with Crippen LogP contribution in [0.2, 0.25) is 0 Å². The molecule has 5 nitrogen and oxygen atoms in total. The molecule has 0 aliphatic carbocycles. The van der Waals surface area contributed by atoms with E-state index < -0.39 is 0 Å². The monoisotopic (exact) mass is 369 g/mol. The Kier molecular flexibility index (Phi) is 6.71. The molecule has 3 rings (SSSR count). The molecule has 1 atom stereocenters. The van der Waals surface area contributed by atoms with Gasteiger partial charge >= 0.3 is 0 Å². The summed E-state index contributed by atoms with van der Waals surface area (Å²) >= 11 is 0. The zero-order valence-corrected chi connectivity index (χ0v) is 16.0. The average molecular weight is 369 g/mol. The molecule has 1 saturated heterocycles. The predicted octanol–water partition coefficient (Wildman–Crippen LogP) is 3.88. The standard InChI is InChI=1S/C22H27NO4/c1-3-25-21-11-8-17(22(24)23-14-20-5-4-12-26-20)13-18(21)15-27-19-9-6-16(2)7-10-19/h6-11,13,20H,3-5,12,14-15H2,1-2H3,(H,23,24)/t20-/m0/s1. The number of rotatable bonds is 8. The van der Waals surface area contributed by atoms with E-state index >= 15 is 0 Å². The van der Waals surface area contributed by atoms with Crippen molar-refractivity contribution in [2.24, 2.45) is 0 Å². The first-order valence-electron chi connectivity index (χ1n) is 9.50. The maximum absolute atomic E-state index is 12.5. The second-order valence-corrected chi connectivity index (χ2v) is 6.70. The summed E-state index contributed by atoms with van der Waals surface area (Å²) in [7, 11) is 0. The van der Waals surface area contributed by atoms with E-state index in [1.165, 1.54) is 5.56 Å². The van der Waals surface area contributed by atoms with Crippen LogP contribution in [-0.2, 0) is 11.3 Å². The first-order valence-corrected chi connectivity index (χ1v) is 9.50. The van der Waals surface area contributed by atoms with E-state index in [0.717, 1.165) is 36.5 Å². The number of aryl methyl sites for hydroxylation is 1. The van der Waals surface area contributed by atoms with Gasteiger partial charge in [-0.1, -0.05) is 17.7 Å². The van der Waals surface area contributed by atoms with Crippen LogP contribution in [0.25, 0.3) is 0 Å². The van der Waals surface area contributed by atoms with Crippen molar-refractivity contribution in [3.05, 3.63) is 59.2 Å². The van der Waals surface area contributed by atoms with Crippen molar-refractivity contribution in [1.29, 1.82) is 0 Å². The Hall–Kier alpha value is -2.53. The predicted molar refractivity (Wildman–Crippen MR) is 104 cm³/mol. The largest absolute Gasteiger partial charge is 0.493 e. The minimum Gasteiger partial charge on any atom is -0.493 e. The Morgan fingerprint density at radius 1 is 1.19 bits per heavy atom. The number of benzene rings is 2. The minimum atomic E-state index is -0.106. The lowest BCUT2D eigenvalue weighted by molar-refractivity contribution is 0.0857. The topological polar surface area (TPSA) is 56.8 Å². The fourth-order valence-electron chi connectivity index (χ4n) is 3.04. The molecule has 1 fully saturated rings. The molecule has 1 aliphatic rings. The van der Waals surface area contributed by atoms with Gasteiger partial charge in [0.25, 0.3) is 5.91 Å². The third kappa shape index (κ3) is 5.47. The molecule has 144 valence electrons. The summed E-state index contributed by atoms with van der Waals surface area (Å²) in [5, 5.41) is 2.95. The van der Waals surface area contributed by atoms with Crippen molar-refractivity contribution >= 4 is 5.91 Å². The molecular formula is C22H27NO4. The van der Waals surface area contributed by atoms with Crippen molar-refractivity contribution in [2.75, 3.05) is 19.8 Å². The van der Waals surface area contributed by atoms with E-state index in [4.69, 9.17) is 14.2 Å². The summed E-state index contributed by atoms with van der Waals surface area (Å²) in [6.45, 7) is 6.20. The fraction of sp³-hybridized carbons (Fsp3) is 0.409. The Bertz CT molecular complexity index is 751. The molecule has 0 spiro atoms. The third-order valence-electron chi connectivity index (χ3n) is 4.55. The SMILES string of the molecule is CCOc1ccc(C(=O)NC[C@@H]2CCCO2)cc1COc1ccc(C)cc1. The van der Waals surface area contributed by atoms with Crippen LogP contribution in [0.5, 0.6) is 11.5 Å². The van der Waals surface area contributed by atoms with Crippen molar-refractivity contribution in [1.82, 2.24) is 5.32 Å². The van der Waals surface area contributed by atoms with Crippen molar-refractivity contribution < 1.29 is 19.0 Å². The highest BCUT2D eigenvalue weighted by Crippen LogP contribution is 2.23. The Morgan fingerprint density at radius 2 is 2.00 bits per heavy atom. The smallest absolute Gasteiger partial charge is 0.251 e. The lowest BCUT2D eigenvalue weighted by Gasteiger charge is -2.14. The van der Waals surface area contributed by atoms with Crippen LogP contribution in [0, 0.1) is 6.92 Å².